The van der Waals surface area contributed by atoms with Gasteiger partial charge in [0.15, 0.2) is 0 Å². The van der Waals surface area contributed by atoms with Crippen LogP contribution >= 0.6 is 0 Å². The van der Waals surface area contributed by atoms with Crippen LogP contribution in [0.3, 0.4) is 0 Å². The third-order valence-corrected chi connectivity index (χ3v) is 5.72. The minimum atomic E-state index is -0.985. The topological polar surface area (TPSA) is 89.9 Å². The van der Waals surface area contributed by atoms with Crippen molar-refractivity contribution in [1.82, 2.24) is 0 Å². The lowest BCUT2D eigenvalue weighted by molar-refractivity contribution is -0.132. The van der Waals surface area contributed by atoms with E-state index >= 15 is 0 Å². The predicted molar refractivity (Wildman–Crippen MR) is 135 cm³/mol. The molecule has 3 N–H and O–H groups in total. The van der Waals surface area contributed by atoms with Gasteiger partial charge in [0.2, 0.25) is 0 Å². The summed E-state index contributed by atoms with van der Waals surface area (Å²) in [5.41, 5.74) is 6.28. The minimum absolute atomic E-state index is 0.0451. The van der Waals surface area contributed by atoms with Crippen molar-refractivity contribution in [2.24, 2.45) is 0 Å². The van der Waals surface area contributed by atoms with E-state index < -0.39 is 5.97 Å². The summed E-state index contributed by atoms with van der Waals surface area (Å²) in [5, 5.41) is 22.7. The molecule has 3 aromatic carbocycles. The first kappa shape index (κ1) is 22.9. The highest BCUT2D eigenvalue weighted by atomic mass is 16.4. The van der Waals surface area contributed by atoms with E-state index in [0.717, 1.165) is 28.1 Å². The number of nitrogens with one attached hydrogen (secondary N) is 1. The number of phenolic OH excluding ortho intramolecular Hbond substituents is 1. The maximum atomic E-state index is 13.5. The summed E-state index contributed by atoms with van der Waals surface area (Å²) in [6.45, 7) is 5.77. The van der Waals surface area contributed by atoms with Crippen LogP contribution in [0.5, 0.6) is 5.75 Å². The number of nitrogens with zero attached hydrogens (tertiary/aromatic N) is 1. The summed E-state index contributed by atoms with van der Waals surface area (Å²) in [7, 11) is 0. The second-order valence-electron chi connectivity index (χ2n) is 8.31. The number of aryl methyl sites for hydroxylation is 2. The highest BCUT2D eigenvalue weighted by molar-refractivity contribution is 6.35. The van der Waals surface area contributed by atoms with Crippen molar-refractivity contribution >= 4 is 40.6 Å². The van der Waals surface area contributed by atoms with E-state index in [1.165, 1.54) is 12.1 Å². The van der Waals surface area contributed by atoms with E-state index in [-0.39, 0.29) is 17.2 Å². The summed E-state index contributed by atoms with van der Waals surface area (Å²) in [6.07, 6.45) is 3.51. The molecule has 1 aliphatic rings. The van der Waals surface area contributed by atoms with Gasteiger partial charge in [-0.15, -0.1) is 0 Å². The number of hydrogen-bond donors (Lipinski definition) is 3. The number of carbonyl (C=O) groups excluding carboxylic acids is 1. The van der Waals surface area contributed by atoms with Gasteiger partial charge in [0.1, 0.15) is 5.75 Å². The molecule has 172 valence electrons. The standard InChI is InChI=1S/C28H26N2O4/c1-4-20(28(33)34)14-19-9-10-24(26(31)15-19)29-16-23-22-7-5-6-8-25(22)30(27(23)32)21-12-17(2)11-18(3)13-21/h5-16,29,31H,4H2,1-3H3,(H,33,34). The smallest absolute Gasteiger partial charge is 0.331 e. The molecule has 0 fully saturated rings. The molecule has 0 aliphatic carbocycles. The molecule has 1 amide bonds. The van der Waals surface area contributed by atoms with Crippen LogP contribution in [0.1, 0.15) is 35.6 Å². The molecule has 6 heteroatoms. The number of amides is 1. The van der Waals surface area contributed by atoms with Crippen molar-refractivity contribution < 1.29 is 19.8 Å². The molecule has 1 heterocycles. The molecule has 4 rings (SSSR count). The number of rotatable bonds is 6. The molecular formula is C28H26N2O4. The second-order valence-corrected chi connectivity index (χ2v) is 8.31. The van der Waals surface area contributed by atoms with Crippen LogP contribution in [0.25, 0.3) is 11.6 Å². The number of carboxylic acid groups (broad SMARTS) is 1. The van der Waals surface area contributed by atoms with Gasteiger partial charge in [-0.25, -0.2) is 4.79 Å². The van der Waals surface area contributed by atoms with Crippen LogP contribution in [0, 0.1) is 13.8 Å². The largest absolute Gasteiger partial charge is 0.506 e. The average Bonchev–Trinajstić information content (AvgIpc) is 3.07. The molecule has 0 radical (unpaired) electrons. The number of aromatic hydroxyl groups is 1. The van der Waals surface area contributed by atoms with Crippen LogP contribution in [0.15, 0.2) is 72.4 Å². The highest BCUT2D eigenvalue weighted by Crippen LogP contribution is 2.42. The number of fused-ring (bicyclic) bond motifs is 1. The lowest BCUT2D eigenvalue weighted by Gasteiger charge is -2.18. The summed E-state index contributed by atoms with van der Waals surface area (Å²) in [5.74, 6) is -1.19. The number of aliphatic carboxylic acids is 1. The number of anilines is 3. The lowest BCUT2D eigenvalue weighted by Crippen LogP contribution is -2.21. The number of carboxylic acids is 1. The second kappa shape index (κ2) is 9.27. The Bertz CT molecular complexity index is 1330. The predicted octanol–water partition coefficient (Wildman–Crippen LogP) is 6.02. The summed E-state index contributed by atoms with van der Waals surface area (Å²) in [4.78, 5) is 26.4. The Morgan fingerprint density at radius 1 is 1.03 bits per heavy atom. The monoisotopic (exact) mass is 454 g/mol. The maximum Gasteiger partial charge on any atom is 0.331 e. The fourth-order valence-corrected chi connectivity index (χ4v) is 4.14. The Morgan fingerprint density at radius 3 is 2.38 bits per heavy atom. The van der Waals surface area contributed by atoms with Crippen LogP contribution < -0.4 is 10.2 Å². The molecule has 0 spiro atoms. The van der Waals surface area contributed by atoms with Crippen LogP contribution in [0.4, 0.5) is 17.1 Å². The van der Waals surface area contributed by atoms with Crippen LogP contribution in [-0.2, 0) is 9.59 Å². The molecule has 6 nitrogen and oxygen atoms in total. The third-order valence-electron chi connectivity index (χ3n) is 5.72. The van der Waals surface area contributed by atoms with Gasteiger partial charge in [-0.1, -0.05) is 37.3 Å². The number of benzene rings is 3. The van der Waals surface area contributed by atoms with E-state index in [1.54, 1.807) is 30.2 Å². The Morgan fingerprint density at radius 2 is 1.74 bits per heavy atom. The Balaban J connectivity index is 1.66. The first-order valence-electron chi connectivity index (χ1n) is 11.0. The molecular weight excluding hydrogens is 428 g/mol. The van der Waals surface area contributed by atoms with Gasteiger partial charge in [-0.05, 0) is 73.4 Å². The quantitative estimate of drug-likeness (QED) is 0.313. The van der Waals surface area contributed by atoms with E-state index in [4.69, 9.17) is 0 Å². The average molecular weight is 455 g/mol. The number of carbonyl (C=O) groups is 2. The Labute approximate surface area is 198 Å². The Hall–Kier alpha value is -4.32. The molecule has 0 bridgehead atoms. The van der Waals surface area contributed by atoms with Gasteiger partial charge >= 0.3 is 5.97 Å². The lowest BCUT2D eigenvalue weighted by atomic mass is 10.1. The maximum absolute atomic E-state index is 13.5. The summed E-state index contributed by atoms with van der Waals surface area (Å²) < 4.78 is 0. The Kier molecular flexibility index (Phi) is 6.23. The SMILES string of the molecule is CCC(=Cc1ccc(NC=C2C(=O)N(c3cc(C)cc(C)c3)c3ccccc32)c(O)c1)C(=O)O. The highest BCUT2D eigenvalue weighted by Gasteiger charge is 2.33. The van der Waals surface area contributed by atoms with Gasteiger partial charge < -0.3 is 15.5 Å². The zero-order valence-corrected chi connectivity index (χ0v) is 19.3. The first-order valence-corrected chi connectivity index (χ1v) is 11.0. The first-order chi connectivity index (χ1) is 16.3. The van der Waals surface area contributed by atoms with Crippen molar-refractivity contribution in [1.29, 1.82) is 0 Å². The van der Waals surface area contributed by atoms with Crippen LogP contribution in [0.2, 0.25) is 0 Å². The molecule has 3 aromatic rings. The van der Waals surface area contributed by atoms with Crippen molar-refractivity contribution in [2.75, 3.05) is 10.2 Å². The summed E-state index contributed by atoms with van der Waals surface area (Å²) in [6, 6.07) is 18.5. The number of hydrogen-bond acceptors (Lipinski definition) is 4. The molecule has 0 unspecified atom stereocenters. The van der Waals surface area contributed by atoms with E-state index in [9.17, 15) is 19.8 Å². The van der Waals surface area contributed by atoms with Crippen LogP contribution in [-0.4, -0.2) is 22.1 Å². The third kappa shape index (κ3) is 4.43. The van der Waals surface area contributed by atoms with Crippen molar-refractivity contribution in [3.63, 3.8) is 0 Å². The van der Waals surface area contributed by atoms with Gasteiger partial charge in [-0.2, -0.15) is 0 Å². The van der Waals surface area contributed by atoms with E-state index in [2.05, 4.69) is 11.4 Å². The van der Waals surface area contributed by atoms with Gasteiger partial charge in [0.05, 0.1) is 16.9 Å². The number of phenols is 1. The van der Waals surface area contributed by atoms with Gasteiger partial charge in [0, 0.05) is 23.0 Å². The van der Waals surface area contributed by atoms with Gasteiger partial charge in [-0.3, -0.25) is 9.69 Å². The van der Waals surface area contributed by atoms with Crippen molar-refractivity contribution in [2.45, 2.75) is 27.2 Å². The zero-order valence-electron chi connectivity index (χ0n) is 19.3. The zero-order chi connectivity index (χ0) is 24.4. The molecule has 1 aliphatic heterocycles. The fourth-order valence-electron chi connectivity index (χ4n) is 4.14. The molecule has 0 aromatic heterocycles. The van der Waals surface area contributed by atoms with Crippen molar-refractivity contribution in [3.8, 4) is 5.75 Å². The van der Waals surface area contributed by atoms with Gasteiger partial charge in [0.25, 0.3) is 5.91 Å². The molecule has 0 atom stereocenters. The molecule has 34 heavy (non-hydrogen) atoms. The minimum Gasteiger partial charge on any atom is -0.506 e. The van der Waals surface area contributed by atoms with E-state index in [1.807, 2.05) is 50.2 Å². The fraction of sp³-hybridized carbons (Fsp3) is 0.143. The number of para-hydroxylation sites is 1. The molecule has 0 saturated heterocycles. The van der Waals surface area contributed by atoms with Crippen molar-refractivity contribution in [3.05, 3.63) is 94.7 Å². The van der Waals surface area contributed by atoms with E-state index in [0.29, 0.717) is 23.2 Å². The molecule has 0 saturated carbocycles. The normalized spacial score (nSPS) is 14.4. The summed E-state index contributed by atoms with van der Waals surface area (Å²) >= 11 is 0.